The van der Waals surface area contributed by atoms with E-state index >= 15 is 0 Å². The lowest BCUT2D eigenvalue weighted by atomic mass is 9.95. The summed E-state index contributed by atoms with van der Waals surface area (Å²) in [5, 5.41) is 176. The molecule has 0 spiro atoms. The third kappa shape index (κ3) is 9.86. The van der Waals surface area contributed by atoms with Gasteiger partial charge in [-0.2, -0.15) is 0 Å². The highest BCUT2D eigenvalue weighted by Gasteiger charge is 2.56. The summed E-state index contributed by atoms with van der Waals surface area (Å²) in [6, 6.07) is 0. The van der Waals surface area contributed by atoms with Crippen LogP contribution in [0.1, 0.15) is 0 Å². The third-order valence-electron chi connectivity index (χ3n) is 10.3. The van der Waals surface area contributed by atoms with Crippen LogP contribution in [0.15, 0.2) is 0 Å². The average Bonchev–Trinajstić information content (AvgIpc) is 3.19. The predicted octanol–water partition coefficient (Wildman–Crippen LogP) is -12.7. The summed E-state index contributed by atoms with van der Waals surface area (Å²) in [6.45, 7) is -4.51. The first-order chi connectivity index (χ1) is 26.5. The average molecular weight is 847 g/mol. The first-order valence-corrected chi connectivity index (χ1v) is 17.6. The first kappa shape index (κ1) is 48.6. The van der Waals surface area contributed by atoms with Gasteiger partial charge in [-0.3, -0.25) is 0 Å². The fraction of sp³-hybridized carbons (Fsp3) is 1.00. The minimum Gasteiger partial charge on any atom is -0.412 e. The zero-order chi connectivity index (χ0) is 41.3. The molecule has 5 fully saturated rings. The Kier molecular flexibility index (Phi) is 17.6. The summed E-state index contributed by atoms with van der Waals surface area (Å²) in [7, 11) is 0. The number of hydrogen-bond acceptors (Lipinski definition) is 26. The standard InChI is InChI=1S/C30H52O26.H2O/c31-1-6-11(36)12(37)18(43)27(49-6)54-23-8(3-33)51-29(20(45)14(23)39)56-25-10(5-35)52-30(21(46)16(25)41)55-24-9(4-34)50-28(19(44)15(24)40)53-22-7(2-32)48-26(47)17(42)13(22)38;/h6-47H,1-5H2;1H2/t6-,7-,8-,9-,10-,11-,12+,13-,14-,15-,16-,17-,18-,19-,20-,21-,22-,23-,24-,25-,26+,27-,28-,29-,30-;/m1./s1. The van der Waals surface area contributed by atoms with Gasteiger partial charge in [-0.1, -0.05) is 0 Å². The van der Waals surface area contributed by atoms with Crippen molar-refractivity contribution in [2.45, 2.75) is 154 Å². The van der Waals surface area contributed by atoms with Crippen LogP contribution < -0.4 is 0 Å². The third-order valence-corrected chi connectivity index (χ3v) is 10.3. The second-order valence-corrected chi connectivity index (χ2v) is 13.9. The van der Waals surface area contributed by atoms with Gasteiger partial charge in [0, 0.05) is 0 Å². The summed E-state index contributed by atoms with van der Waals surface area (Å²) in [5.41, 5.74) is 0. The largest absolute Gasteiger partial charge is 0.412 e. The van der Waals surface area contributed by atoms with Crippen molar-refractivity contribution < 1.29 is 135 Å². The highest BCUT2D eigenvalue weighted by Crippen LogP contribution is 2.35. The van der Waals surface area contributed by atoms with E-state index in [1.807, 2.05) is 0 Å². The Labute approximate surface area is 321 Å². The summed E-state index contributed by atoms with van der Waals surface area (Å²) in [6.07, 6.45) is -45.8. The maximum atomic E-state index is 11.1. The fourth-order valence-corrected chi connectivity index (χ4v) is 7.03. The van der Waals surface area contributed by atoms with Gasteiger partial charge in [0.05, 0.1) is 33.0 Å². The van der Waals surface area contributed by atoms with Crippen LogP contribution in [0.4, 0.5) is 0 Å². The predicted molar refractivity (Wildman–Crippen MR) is 170 cm³/mol. The van der Waals surface area contributed by atoms with Crippen molar-refractivity contribution in [3.8, 4) is 0 Å². The van der Waals surface area contributed by atoms with Gasteiger partial charge in [-0.25, -0.2) is 0 Å². The topological polar surface area (TPSA) is 458 Å². The molecule has 0 radical (unpaired) electrons. The summed E-state index contributed by atoms with van der Waals surface area (Å²) in [5.74, 6) is 0. The van der Waals surface area contributed by atoms with Gasteiger partial charge >= 0.3 is 0 Å². The maximum Gasteiger partial charge on any atom is 0.187 e. The van der Waals surface area contributed by atoms with Crippen molar-refractivity contribution in [2.75, 3.05) is 33.0 Å². The lowest BCUT2D eigenvalue weighted by Gasteiger charge is -2.49. The molecule has 5 aliphatic rings. The second-order valence-electron chi connectivity index (χ2n) is 13.9. The van der Waals surface area contributed by atoms with Crippen molar-refractivity contribution in [2.24, 2.45) is 0 Å². The van der Waals surface area contributed by atoms with Crippen molar-refractivity contribution in [1.29, 1.82) is 0 Å². The molecule has 0 bridgehead atoms. The van der Waals surface area contributed by atoms with Crippen LogP contribution in [-0.2, 0) is 42.6 Å². The number of aliphatic hydroxyl groups excluding tert-OH is 17. The number of hydrogen-bond donors (Lipinski definition) is 17. The molecule has 5 saturated heterocycles. The molecule has 0 aliphatic carbocycles. The Morgan fingerprint density at radius 3 is 0.825 bits per heavy atom. The van der Waals surface area contributed by atoms with Crippen molar-refractivity contribution in [3.63, 3.8) is 0 Å². The number of rotatable bonds is 13. The van der Waals surface area contributed by atoms with Crippen LogP contribution in [0, 0.1) is 0 Å². The zero-order valence-corrected chi connectivity index (χ0v) is 29.7. The van der Waals surface area contributed by atoms with Crippen LogP contribution >= 0.6 is 0 Å². The molecule has 5 aliphatic heterocycles. The molecule has 0 unspecified atom stereocenters. The Balaban J connectivity index is 0.00000720. The van der Waals surface area contributed by atoms with Crippen LogP contribution in [0.25, 0.3) is 0 Å². The SMILES string of the molecule is O.OC[C@H]1O[C@H](O[C@H]2[C@H](O)[C@@H](O)[C@@H](O[C@H]3[C@H](O)[C@@H](O)[C@@H](O[C@H]4[C@H](O)[C@@H](O)[C@@H](O[C@H]5[C@H](O)[C@@H](O)[C@@H](O)O[C@@H]5CO)O[C@@H]4CO)O[C@@H]3CO)O[C@@H]2CO)[C@H](O)[C@@H](O)[C@@H]1O. The molecule has 27 heteroatoms. The van der Waals surface area contributed by atoms with E-state index in [1.54, 1.807) is 0 Å². The van der Waals surface area contributed by atoms with E-state index in [4.69, 9.17) is 42.6 Å². The van der Waals surface area contributed by atoms with E-state index < -0.39 is 187 Å². The van der Waals surface area contributed by atoms with Gasteiger partial charge in [0.2, 0.25) is 0 Å². The number of ether oxygens (including phenoxy) is 9. The Morgan fingerprint density at radius 2 is 0.526 bits per heavy atom. The Bertz CT molecular complexity index is 1200. The minimum atomic E-state index is -2.12. The van der Waals surface area contributed by atoms with Crippen LogP contribution in [0.5, 0.6) is 0 Å². The smallest absolute Gasteiger partial charge is 0.187 e. The molecule has 336 valence electrons. The van der Waals surface area contributed by atoms with Crippen molar-refractivity contribution in [1.82, 2.24) is 0 Å². The zero-order valence-electron chi connectivity index (χ0n) is 29.7. The van der Waals surface area contributed by atoms with E-state index in [0.29, 0.717) is 0 Å². The first-order valence-electron chi connectivity index (χ1n) is 17.6. The molecule has 5 rings (SSSR count). The molecule has 27 nitrogen and oxygen atoms in total. The van der Waals surface area contributed by atoms with Gasteiger partial charge < -0.3 is 135 Å². The highest BCUT2D eigenvalue weighted by molar-refractivity contribution is 4.99. The molecule has 0 aromatic rings. The van der Waals surface area contributed by atoms with E-state index in [2.05, 4.69) is 0 Å². The summed E-state index contributed by atoms with van der Waals surface area (Å²) in [4.78, 5) is 0. The lowest BCUT2D eigenvalue weighted by Crippen LogP contribution is -2.68. The molecule has 25 atom stereocenters. The molecule has 0 saturated carbocycles. The van der Waals surface area contributed by atoms with Gasteiger partial charge in [-0.05, 0) is 0 Å². The van der Waals surface area contributed by atoms with Crippen LogP contribution in [0.2, 0.25) is 0 Å². The van der Waals surface area contributed by atoms with E-state index in [9.17, 15) is 86.8 Å². The molecule has 5 heterocycles. The van der Waals surface area contributed by atoms with Gasteiger partial charge in [-0.15, -0.1) is 0 Å². The molecule has 0 amide bonds. The maximum absolute atomic E-state index is 11.1. The quantitative estimate of drug-likeness (QED) is 0.0818. The van der Waals surface area contributed by atoms with Crippen molar-refractivity contribution >= 4 is 0 Å². The van der Waals surface area contributed by atoms with E-state index in [1.165, 1.54) is 0 Å². The van der Waals surface area contributed by atoms with E-state index in [-0.39, 0.29) is 5.48 Å². The van der Waals surface area contributed by atoms with Gasteiger partial charge in [0.1, 0.15) is 122 Å². The van der Waals surface area contributed by atoms with Crippen molar-refractivity contribution in [3.05, 3.63) is 0 Å². The molecular weight excluding hydrogens is 792 g/mol. The summed E-state index contributed by atoms with van der Waals surface area (Å²) < 4.78 is 49.1. The molecular formula is C30H54O27. The molecule has 19 N–H and O–H groups in total. The van der Waals surface area contributed by atoms with Crippen LogP contribution in [0.3, 0.4) is 0 Å². The lowest BCUT2D eigenvalue weighted by molar-refractivity contribution is -0.392. The molecule has 57 heavy (non-hydrogen) atoms. The van der Waals surface area contributed by atoms with E-state index in [0.717, 1.165) is 0 Å². The highest BCUT2D eigenvalue weighted by atomic mass is 16.8. The van der Waals surface area contributed by atoms with Gasteiger partial charge in [0.15, 0.2) is 31.5 Å². The fourth-order valence-electron chi connectivity index (χ4n) is 7.03. The Hall–Kier alpha value is -1.08. The second kappa shape index (κ2) is 20.7. The van der Waals surface area contributed by atoms with Gasteiger partial charge in [0.25, 0.3) is 0 Å². The van der Waals surface area contributed by atoms with Crippen LogP contribution in [-0.4, -0.2) is 279 Å². The molecule has 0 aromatic heterocycles. The number of aliphatic hydroxyl groups is 17. The summed E-state index contributed by atoms with van der Waals surface area (Å²) >= 11 is 0. The minimum absolute atomic E-state index is 0. The normalized spacial score (nSPS) is 52.3. The monoisotopic (exact) mass is 846 g/mol. The molecule has 0 aromatic carbocycles. The Morgan fingerprint density at radius 1 is 0.281 bits per heavy atom.